The van der Waals surface area contributed by atoms with Gasteiger partial charge in [0.1, 0.15) is 11.6 Å². The molecule has 0 unspecified atom stereocenters. The molecule has 10 nitrogen and oxygen atoms in total. The molecule has 0 radical (unpaired) electrons. The predicted molar refractivity (Wildman–Crippen MR) is 142 cm³/mol. The number of nitrogens with one attached hydrogen (secondary N) is 3. The molecule has 4 N–H and O–H groups in total. The second-order valence-corrected chi connectivity index (χ2v) is 9.07. The number of anilines is 1. The number of imidazole rings is 1. The first kappa shape index (κ1) is 26.4. The minimum Gasteiger partial charge on any atom is -0.395 e. The number of hydrogen-bond acceptors (Lipinski definition) is 8. The largest absolute Gasteiger partial charge is 0.395 e. The third-order valence-electron chi connectivity index (χ3n) is 6.16. The molecule has 0 bridgehead atoms. The fourth-order valence-corrected chi connectivity index (χ4v) is 4.18. The highest BCUT2D eigenvalue weighted by Gasteiger charge is 2.25. The molecule has 39 heavy (non-hydrogen) atoms. The molecule has 0 atom stereocenters. The number of aromatic nitrogens is 4. The molecule has 5 rings (SSSR count). The van der Waals surface area contributed by atoms with E-state index < -0.39 is 6.29 Å². The molecule has 2 aromatic carbocycles. The Morgan fingerprint density at radius 2 is 1.82 bits per heavy atom. The van der Waals surface area contributed by atoms with E-state index in [1.165, 1.54) is 12.1 Å². The molecule has 1 aliphatic heterocycles. The van der Waals surface area contributed by atoms with Crippen molar-refractivity contribution in [2.24, 2.45) is 5.92 Å². The van der Waals surface area contributed by atoms with Crippen molar-refractivity contribution in [3.63, 3.8) is 0 Å². The van der Waals surface area contributed by atoms with E-state index in [0.717, 1.165) is 5.56 Å². The van der Waals surface area contributed by atoms with Crippen LogP contribution in [0.25, 0.3) is 22.6 Å². The van der Waals surface area contributed by atoms with E-state index in [0.29, 0.717) is 67.1 Å². The summed E-state index contributed by atoms with van der Waals surface area (Å²) in [7, 11) is 0. The van der Waals surface area contributed by atoms with Crippen molar-refractivity contribution in [2.45, 2.75) is 12.7 Å². The molecule has 1 amide bonds. The zero-order valence-corrected chi connectivity index (χ0v) is 21.1. The van der Waals surface area contributed by atoms with Gasteiger partial charge in [0.05, 0.1) is 43.3 Å². The van der Waals surface area contributed by atoms with Gasteiger partial charge in [0.2, 0.25) is 5.95 Å². The number of aromatic amines is 1. The Kier molecular flexibility index (Phi) is 8.51. The van der Waals surface area contributed by atoms with Gasteiger partial charge in [-0.2, -0.15) is 0 Å². The summed E-state index contributed by atoms with van der Waals surface area (Å²) in [6.45, 7) is 1.58. The molecule has 1 saturated heterocycles. The maximum absolute atomic E-state index is 13.6. The highest BCUT2D eigenvalue weighted by molar-refractivity contribution is 5.94. The van der Waals surface area contributed by atoms with Gasteiger partial charge in [-0.25, -0.2) is 19.3 Å². The van der Waals surface area contributed by atoms with Crippen molar-refractivity contribution in [1.82, 2.24) is 25.3 Å². The van der Waals surface area contributed by atoms with Crippen molar-refractivity contribution in [1.29, 1.82) is 0 Å². The molecular formula is C28H29FN6O4. The van der Waals surface area contributed by atoms with Crippen LogP contribution in [0.15, 0.2) is 66.9 Å². The second-order valence-electron chi connectivity index (χ2n) is 9.07. The number of carbonyl (C=O) groups is 1. The van der Waals surface area contributed by atoms with E-state index in [-0.39, 0.29) is 24.2 Å². The normalized spacial score (nSPS) is 17.1. The average Bonchev–Trinajstić information content (AvgIpc) is 3.40. The first-order chi connectivity index (χ1) is 19.1. The molecule has 3 heterocycles. The summed E-state index contributed by atoms with van der Waals surface area (Å²) in [5.41, 5.74) is 3.16. The summed E-state index contributed by atoms with van der Waals surface area (Å²) < 4.78 is 25.5. The summed E-state index contributed by atoms with van der Waals surface area (Å²) in [6, 6.07) is 16.9. The number of aliphatic hydroxyl groups excluding tert-OH is 1. The van der Waals surface area contributed by atoms with E-state index in [1.807, 2.05) is 18.2 Å². The number of amides is 1. The Morgan fingerprint density at radius 1 is 1.05 bits per heavy atom. The number of rotatable bonds is 10. The summed E-state index contributed by atoms with van der Waals surface area (Å²) in [5.74, 6) is 0.545. The molecule has 4 aromatic rings. The van der Waals surface area contributed by atoms with Crippen molar-refractivity contribution in [3.05, 3.63) is 84.1 Å². The first-order valence-corrected chi connectivity index (χ1v) is 12.7. The zero-order chi connectivity index (χ0) is 27.0. The first-order valence-electron chi connectivity index (χ1n) is 12.7. The molecule has 0 aliphatic carbocycles. The Hall–Kier alpha value is -4.19. The number of halogens is 1. The molecule has 0 saturated carbocycles. The molecule has 0 spiro atoms. The number of aliphatic hydroxyl groups is 1. The van der Waals surface area contributed by atoms with Crippen molar-refractivity contribution in [3.8, 4) is 22.6 Å². The fraction of sp³-hybridized carbons (Fsp3) is 0.286. The lowest BCUT2D eigenvalue weighted by molar-refractivity contribution is -0.198. The summed E-state index contributed by atoms with van der Waals surface area (Å²) >= 11 is 0. The lowest BCUT2D eigenvalue weighted by atomic mass is 10.1. The van der Waals surface area contributed by atoms with Crippen molar-refractivity contribution in [2.75, 3.05) is 38.2 Å². The number of benzene rings is 2. The molecule has 2 aromatic heterocycles. The Balaban J connectivity index is 1.26. The van der Waals surface area contributed by atoms with Gasteiger partial charge < -0.3 is 30.2 Å². The quantitative estimate of drug-likeness (QED) is 0.245. The monoisotopic (exact) mass is 532 g/mol. The van der Waals surface area contributed by atoms with Crippen LogP contribution in [0, 0.1) is 11.7 Å². The Morgan fingerprint density at radius 3 is 2.56 bits per heavy atom. The van der Waals surface area contributed by atoms with Gasteiger partial charge >= 0.3 is 0 Å². The summed E-state index contributed by atoms with van der Waals surface area (Å²) in [5, 5.41) is 15.0. The van der Waals surface area contributed by atoms with Gasteiger partial charge in [-0.3, -0.25) is 4.79 Å². The van der Waals surface area contributed by atoms with Gasteiger partial charge in [-0.15, -0.1) is 0 Å². The standard InChI is InChI=1S/C28H29FN6O4/c29-21-8-6-19(7-9-21)25-26(22-10-11-30-28(33-22)31-12-13-36)35-23(34-25)14-24-38-16-18(17-39-24)15-32-27(37)20-4-2-1-3-5-20/h1-11,18,24,36H,12-17H2,(H,32,37)(H,34,35)(H,30,31,33). The Bertz CT molecular complexity index is 1370. The molecule has 11 heteroatoms. The van der Waals surface area contributed by atoms with Crippen LogP contribution in [-0.4, -0.2) is 70.1 Å². The van der Waals surface area contributed by atoms with E-state index in [1.54, 1.807) is 36.5 Å². The summed E-state index contributed by atoms with van der Waals surface area (Å²) in [6.07, 6.45) is 1.46. The number of ether oxygens (including phenoxy) is 2. The lowest BCUT2D eigenvalue weighted by Gasteiger charge is -2.29. The zero-order valence-electron chi connectivity index (χ0n) is 21.1. The minimum absolute atomic E-state index is 0.0294. The minimum atomic E-state index is -0.515. The van der Waals surface area contributed by atoms with Crippen LogP contribution in [0.3, 0.4) is 0 Å². The lowest BCUT2D eigenvalue weighted by Crippen LogP contribution is -2.40. The van der Waals surface area contributed by atoms with Crippen LogP contribution in [0.2, 0.25) is 0 Å². The number of hydrogen-bond donors (Lipinski definition) is 4. The van der Waals surface area contributed by atoms with Gasteiger partial charge in [0.25, 0.3) is 5.91 Å². The predicted octanol–water partition coefficient (Wildman–Crippen LogP) is 3.04. The molecule has 1 fully saturated rings. The van der Waals surface area contributed by atoms with Gasteiger partial charge in [0.15, 0.2) is 6.29 Å². The molecule has 1 aliphatic rings. The third kappa shape index (κ3) is 6.82. The van der Waals surface area contributed by atoms with E-state index in [9.17, 15) is 9.18 Å². The molecule has 202 valence electrons. The van der Waals surface area contributed by atoms with Crippen LogP contribution in [0.4, 0.5) is 10.3 Å². The van der Waals surface area contributed by atoms with E-state index in [4.69, 9.17) is 19.6 Å². The van der Waals surface area contributed by atoms with Crippen LogP contribution in [-0.2, 0) is 15.9 Å². The topological polar surface area (TPSA) is 134 Å². The maximum Gasteiger partial charge on any atom is 0.251 e. The molecular weight excluding hydrogens is 503 g/mol. The number of nitrogens with zero attached hydrogens (tertiary/aromatic N) is 3. The van der Waals surface area contributed by atoms with Crippen LogP contribution < -0.4 is 10.6 Å². The van der Waals surface area contributed by atoms with Crippen LogP contribution in [0.1, 0.15) is 16.2 Å². The van der Waals surface area contributed by atoms with Gasteiger partial charge in [-0.05, 0) is 42.5 Å². The van der Waals surface area contributed by atoms with Crippen LogP contribution >= 0.6 is 0 Å². The van der Waals surface area contributed by atoms with Crippen molar-refractivity contribution < 1.29 is 23.8 Å². The second kappa shape index (κ2) is 12.6. The average molecular weight is 533 g/mol. The smallest absolute Gasteiger partial charge is 0.251 e. The Labute approximate surface area is 224 Å². The summed E-state index contributed by atoms with van der Waals surface area (Å²) in [4.78, 5) is 29.1. The van der Waals surface area contributed by atoms with Gasteiger partial charge in [0, 0.05) is 36.3 Å². The highest BCUT2D eigenvalue weighted by atomic mass is 19.1. The van der Waals surface area contributed by atoms with E-state index >= 15 is 0 Å². The number of carbonyl (C=O) groups excluding carboxylic acids is 1. The van der Waals surface area contributed by atoms with Crippen LogP contribution in [0.5, 0.6) is 0 Å². The maximum atomic E-state index is 13.6. The number of H-pyrrole nitrogens is 1. The third-order valence-corrected chi connectivity index (χ3v) is 6.16. The van der Waals surface area contributed by atoms with Gasteiger partial charge in [-0.1, -0.05) is 18.2 Å². The van der Waals surface area contributed by atoms with E-state index in [2.05, 4.69) is 25.6 Å². The van der Waals surface area contributed by atoms with Crippen molar-refractivity contribution >= 4 is 11.9 Å². The highest BCUT2D eigenvalue weighted by Crippen LogP contribution is 2.30. The SMILES string of the molecule is O=C(NCC1COC(Cc2nc(-c3ccc(F)cc3)c(-c3ccnc(NCCO)n3)[nH]2)OC1)c1ccccc1. The fourth-order valence-electron chi connectivity index (χ4n) is 4.18.